The van der Waals surface area contributed by atoms with E-state index in [-0.39, 0.29) is 12.2 Å². The minimum absolute atomic E-state index is 0.281. The van der Waals surface area contributed by atoms with Gasteiger partial charge in [-0.3, -0.25) is 4.68 Å². The molecule has 0 fully saturated rings. The maximum Gasteiger partial charge on any atom is 0.138 e. The molecule has 96 valence electrons. The third kappa shape index (κ3) is 2.92. The van der Waals surface area contributed by atoms with E-state index in [4.69, 9.17) is 0 Å². The highest BCUT2D eigenvalue weighted by Gasteiger charge is 2.13. The first-order valence-electron chi connectivity index (χ1n) is 5.99. The van der Waals surface area contributed by atoms with Gasteiger partial charge in [0.05, 0.1) is 6.10 Å². The highest BCUT2D eigenvalue weighted by atomic mass is 19.1. The van der Waals surface area contributed by atoms with Crippen molar-refractivity contribution in [3.63, 3.8) is 0 Å². The van der Waals surface area contributed by atoms with E-state index >= 15 is 0 Å². The zero-order chi connectivity index (χ0) is 13.0. The number of halogens is 1. The number of hydrogen-bond acceptors (Lipinski definition) is 3. The second-order valence-corrected chi connectivity index (χ2v) is 4.15. The third-order valence-electron chi connectivity index (χ3n) is 2.83. The Labute approximate surface area is 105 Å². The Morgan fingerprint density at radius 2 is 2.11 bits per heavy atom. The van der Waals surface area contributed by atoms with Gasteiger partial charge in [-0.25, -0.2) is 9.37 Å². The van der Waals surface area contributed by atoms with Crippen LogP contribution in [0.2, 0.25) is 0 Å². The van der Waals surface area contributed by atoms with Gasteiger partial charge in [-0.15, -0.1) is 0 Å². The Bertz CT molecular complexity index is 512. The van der Waals surface area contributed by atoms with Gasteiger partial charge in [-0.2, -0.15) is 5.10 Å². The third-order valence-corrected chi connectivity index (χ3v) is 2.83. The molecule has 4 nitrogen and oxygen atoms in total. The minimum Gasteiger partial charge on any atom is -0.392 e. The van der Waals surface area contributed by atoms with Gasteiger partial charge in [0.2, 0.25) is 0 Å². The van der Waals surface area contributed by atoms with E-state index in [1.165, 1.54) is 12.4 Å². The summed E-state index contributed by atoms with van der Waals surface area (Å²) in [7, 11) is 0. The molecule has 1 N–H and O–H groups in total. The molecular weight excluding hydrogens is 233 g/mol. The Morgan fingerprint density at radius 1 is 1.33 bits per heavy atom. The predicted molar refractivity (Wildman–Crippen MR) is 65.5 cm³/mol. The smallest absolute Gasteiger partial charge is 0.138 e. The van der Waals surface area contributed by atoms with Gasteiger partial charge in [-0.1, -0.05) is 18.2 Å². The fourth-order valence-corrected chi connectivity index (χ4v) is 1.91. The van der Waals surface area contributed by atoms with Crippen LogP contribution in [-0.2, 0) is 19.4 Å². The topological polar surface area (TPSA) is 50.9 Å². The number of rotatable bonds is 5. The highest BCUT2D eigenvalue weighted by Crippen LogP contribution is 2.11. The molecule has 0 aliphatic carbocycles. The molecule has 1 atom stereocenters. The Kier molecular flexibility index (Phi) is 4.04. The summed E-state index contributed by atoms with van der Waals surface area (Å²) in [6.07, 6.45) is 1.47. The van der Waals surface area contributed by atoms with Crippen molar-refractivity contribution in [2.24, 2.45) is 0 Å². The van der Waals surface area contributed by atoms with E-state index in [1.807, 2.05) is 6.92 Å². The molecule has 5 heteroatoms. The fourth-order valence-electron chi connectivity index (χ4n) is 1.91. The van der Waals surface area contributed by atoms with E-state index in [9.17, 15) is 9.50 Å². The van der Waals surface area contributed by atoms with Crippen LogP contribution < -0.4 is 0 Å². The van der Waals surface area contributed by atoms with Crippen LogP contribution in [0, 0.1) is 5.82 Å². The molecule has 18 heavy (non-hydrogen) atoms. The monoisotopic (exact) mass is 249 g/mol. The molecule has 0 aliphatic heterocycles. The van der Waals surface area contributed by atoms with E-state index in [0.717, 1.165) is 5.82 Å². The lowest BCUT2D eigenvalue weighted by Gasteiger charge is -2.11. The quantitative estimate of drug-likeness (QED) is 0.875. The van der Waals surface area contributed by atoms with E-state index in [2.05, 4.69) is 10.1 Å². The van der Waals surface area contributed by atoms with Gasteiger partial charge in [0.25, 0.3) is 0 Å². The largest absolute Gasteiger partial charge is 0.392 e. The zero-order valence-electron chi connectivity index (χ0n) is 10.3. The first kappa shape index (κ1) is 12.7. The summed E-state index contributed by atoms with van der Waals surface area (Å²) in [6.45, 7) is 2.67. The molecule has 1 aromatic carbocycles. The second-order valence-electron chi connectivity index (χ2n) is 4.15. The predicted octanol–water partition coefficient (Wildman–Crippen LogP) is 1.58. The van der Waals surface area contributed by atoms with Gasteiger partial charge in [-0.05, 0) is 18.6 Å². The minimum atomic E-state index is -0.656. The maximum absolute atomic E-state index is 13.4. The molecule has 2 aromatic rings. The molecule has 0 saturated carbocycles. The summed E-state index contributed by atoms with van der Waals surface area (Å²) in [5, 5.41) is 14.0. The average Bonchev–Trinajstić information content (AvgIpc) is 2.79. The summed E-state index contributed by atoms with van der Waals surface area (Å²) in [5.41, 5.74) is 0.521. The standard InChI is InChI=1S/C13H16FN3O/c1-2-17-13(15-9-16-17)8-11(18)7-10-5-3-4-6-12(10)14/h3-6,9,11,18H,2,7-8H2,1H3. The molecule has 0 bridgehead atoms. The number of nitrogens with zero attached hydrogens (tertiary/aromatic N) is 3. The van der Waals surface area contributed by atoms with Crippen molar-refractivity contribution in [1.82, 2.24) is 14.8 Å². The van der Waals surface area contributed by atoms with Crippen LogP contribution in [0.4, 0.5) is 4.39 Å². The van der Waals surface area contributed by atoms with Gasteiger partial charge in [0.15, 0.2) is 0 Å². The lowest BCUT2D eigenvalue weighted by atomic mass is 10.0. The van der Waals surface area contributed by atoms with E-state index in [1.54, 1.807) is 22.9 Å². The molecule has 1 aromatic heterocycles. The van der Waals surface area contributed by atoms with Crippen LogP contribution in [-0.4, -0.2) is 26.0 Å². The van der Waals surface area contributed by atoms with Crippen molar-refractivity contribution in [3.05, 3.63) is 47.8 Å². The van der Waals surface area contributed by atoms with Gasteiger partial charge in [0, 0.05) is 19.4 Å². The van der Waals surface area contributed by atoms with Crippen molar-refractivity contribution >= 4 is 0 Å². The molecule has 0 saturated heterocycles. The highest BCUT2D eigenvalue weighted by molar-refractivity contribution is 5.18. The van der Waals surface area contributed by atoms with Crippen molar-refractivity contribution in [2.45, 2.75) is 32.4 Å². The van der Waals surface area contributed by atoms with Crippen LogP contribution in [0.1, 0.15) is 18.3 Å². The molecule has 1 heterocycles. The van der Waals surface area contributed by atoms with Gasteiger partial charge in [0.1, 0.15) is 18.0 Å². The van der Waals surface area contributed by atoms with E-state index in [0.29, 0.717) is 18.5 Å². The molecular formula is C13H16FN3O. The van der Waals surface area contributed by atoms with Crippen molar-refractivity contribution in [1.29, 1.82) is 0 Å². The number of aryl methyl sites for hydroxylation is 1. The summed E-state index contributed by atoms with van der Waals surface area (Å²) in [4.78, 5) is 4.09. The average molecular weight is 249 g/mol. The maximum atomic E-state index is 13.4. The van der Waals surface area contributed by atoms with Gasteiger partial charge < -0.3 is 5.11 Å². The number of aliphatic hydroxyl groups excluding tert-OH is 1. The van der Waals surface area contributed by atoms with Crippen molar-refractivity contribution in [2.75, 3.05) is 0 Å². The van der Waals surface area contributed by atoms with Crippen molar-refractivity contribution < 1.29 is 9.50 Å². The zero-order valence-corrected chi connectivity index (χ0v) is 10.3. The number of hydrogen-bond donors (Lipinski definition) is 1. The van der Waals surface area contributed by atoms with Crippen molar-refractivity contribution in [3.8, 4) is 0 Å². The summed E-state index contributed by atoms with van der Waals surface area (Å²) >= 11 is 0. The normalized spacial score (nSPS) is 12.6. The molecule has 0 spiro atoms. The van der Waals surface area contributed by atoms with Crippen LogP contribution >= 0.6 is 0 Å². The van der Waals surface area contributed by atoms with Crippen LogP contribution in [0.15, 0.2) is 30.6 Å². The molecule has 1 unspecified atom stereocenters. The Hall–Kier alpha value is -1.75. The molecule has 2 rings (SSSR count). The number of aromatic nitrogens is 3. The number of aliphatic hydroxyl groups is 1. The van der Waals surface area contributed by atoms with E-state index < -0.39 is 6.10 Å². The molecule has 0 radical (unpaired) electrons. The summed E-state index contributed by atoms with van der Waals surface area (Å²) in [6, 6.07) is 6.48. The second kappa shape index (κ2) is 5.73. The fraction of sp³-hybridized carbons (Fsp3) is 0.385. The summed E-state index contributed by atoms with van der Waals surface area (Å²) in [5.74, 6) is 0.440. The van der Waals surface area contributed by atoms with Crippen LogP contribution in [0.5, 0.6) is 0 Å². The van der Waals surface area contributed by atoms with Gasteiger partial charge >= 0.3 is 0 Å². The Balaban J connectivity index is 2.01. The lowest BCUT2D eigenvalue weighted by Crippen LogP contribution is -2.18. The first-order chi connectivity index (χ1) is 8.70. The van der Waals surface area contributed by atoms with Crippen LogP contribution in [0.3, 0.4) is 0 Å². The molecule has 0 amide bonds. The SMILES string of the molecule is CCn1ncnc1CC(O)Cc1ccccc1F. The van der Waals surface area contributed by atoms with Crippen LogP contribution in [0.25, 0.3) is 0 Å². The first-order valence-corrected chi connectivity index (χ1v) is 5.99. The lowest BCUT2D eigenvalue weighted by molar-refractivity contribution is 0.170. The Morgan fingerprint density at radius 3 is 2.83 bits per heavy atom. The number of benzene rings is 1. The molecule has 0 aliphatic rings. The summed E-state index contributed by atoms with van der Waals surface area (Å²) < 4.78 is 15.2.